The first kappa shape index (κ1) is 37.6. The first-order valence-electron chi connectivity index (χ1n) is 18.9. The molecule has 2 saturated heterocycles. The van der Waals surface area contributed by atoms with Crippen LogP contribution in [0.5, 0.6) is 11.8 Å². The zero-order valence-electron chi connectivity index (χ0n) is 31.7. The maximum atomic E-state index is 9.69. The van der Waals surface area contributed by atoms with Crippen LogP contribution in [0, 0.1) is 0 Å². The second-order valence-corrected chi connectivity index (χ2v) is 13.9. The van der Waals surface area contributed by atoms with Crippen molar-refractivity contribution in [2.24, 2.45) is 18.5 Å². The minimum Gasteiger partial charge on any atom is -0.478 e. The molecule has 18 nitrogen and oxygen atoms in total. The molecule has 0 aliphatic carbocycles. The van der Waals surface area contributed by atoms with E-state index in [2.05, 4.69) is 35.5 Å². The number of methoxy groups -OCH3 is 1. The highest BCUT2D eigenvalue weighted by Gasteiger charge is 2.26. The van der Waals surface area contributed by atoms with Gasteiger partial charge in [0.05, 0.1) is 26.2 Å². The lowest BCUT2D eigenvalue weighted by atomic mass is 9.99. The van der Waals surface area contributed by atoms with E-state index < -0.39 is 0 Å². The summed E-state index contributed by atoms with van der Waals surface area (Å²) < 4.78 is 15.2. The van der Waals surface area contributed by atoms with Gasteiger partial charge in [-0.2, -0.15) is 9.97 Å². The molecule has 0 saturated carbocycles. The molecule has 7 heterocycles. The summed E-state index contributed by atoms with van der Waals surface area (Å²) in [5.74, 6) is 4.22. The monoisotopic (exact) mass is 753 g/mol. The zero-order valence-corrected chi connectivity index (χ0v) is 31.7. The minimum atomic E-state index is 0.0941. The summed E-state index contributed by atoms with van der Waals surface area (Å²) in [6.45, 7) is 5.86. The number of aryl methyl sites for hydroxylation is 1. The van der Waals surface area contributed by atoms with Gasteiger partial charge in [-0.05, 0) is 44.1 Å². The number of piperidine rings is 1. The molecular formula is C37H51N15O3. The van der Waals surface area contributed by atoms with Crippen LogP contribution in [0.3, 0.4) is 0 Å². The van der Waals surface area contributed by atoms with Gasteiger partial charge in [-0.15, -0.1) is 5.10 Å². The number of pyridine rings is 1. The lowest BCUT2D eigenvalue weighted by Gasteiger charge is -2.36. The van der Waals surface area contributed by atoms with E-state index in [1.807, 2.05) is 42.9 Å². The fraction of sp³-hybridized carbons (Fsp3) is 0.486. The van der Waals surface area contributed by atoms with Crippen molar-refractivity contribution in [1.82, 2.24) is 44.3 Å². The standard InChI is InChI=1S/C37H51N15O3/c1-4-25(18-38)33-44-29(17-30(45-33)52-12-6-5-7-27(52)11-15-53)40-19-24-8-9-31(41-20-24)55-16-14-51-22-28(36(48-51)54-3)43-34-32-35(49(2)23-42-32)47-37(46-34)50-13-10-26(39)21-50/h8-9,17-18,20,22-23,26-27,53H,4-7,10-16,19,21,38-39H2,1-3H3,(H,40,44,45)(H,43,46,47)/b25-18-. The van der Waals surface area contributed by atoms with Gasteiger partial charge in [0.2, 0.25) is 11.8 Å². The van der Waals surface area contributed by atoms with Gasteiger partial charge < -0.3 is 51.0 Å². The summed E-state index contributed by atoms with van der Waals surface area (Å²) >= 11 is 0. The second-order valence-electron chi connectivity index (χ2n) is 13.9. The molecular weight excluding hydrogens is 703 g/mol. The smallest absolute Gasteiger partial charge is 0.256 e. The van der Waals surface area contributed by atoms with Crippen LogP contribution >= 0.6 is 0 Å². The molecule has 18 heteroatoms. The number of imidazole rings is 1. The number of nitrogens with two attached hydrogens (primary N) is 2. The van der Waals surface area contributed by atoms with Gasteiger partial charge in [-0.3, -0.25) is 4.68 Å². The minimum absolute atomic E-state index is 0.0941. The first-order chi connectivity index (χ1) is 26.8. The molecule has 7 N–H and O–H groups in total. The van der Waals surface area contributed by atoms with Crippen molar-refractivity contribution < 1.29 is 14.6 Å². The molecule has 2 aliphatic rings. The Hall–Kier alpha value is -5.75. The zero-order chi connectivity index (χ0) is 38.3. The Bertz CT molecular complexity index is 2080. The molecule has 2 aliphatic heterocycles. The highest BCUT2D eigenvalue weighted by atomic mass is 16.5. The van der Waals surface area contributed by atoms with Crippen LogP contribution in [0.15, 0.2) is 43.1 Å². The topological polar surface area (TPSA) is 221 Å². The summed E-state index contributed by atoms with van der Waals surface area (Å²) in [7, 11) is 3.48. The van der Waals surface area contributed by atoms with Crippen LogP contribution in [0.1, 0.15) is 56.8 Å². The molecule has 2 unspecified atom stereocenters. The van der Waals surface area contributed by atoms with E-state index in [1.165, 1.54) is 0 Å². The van der Waals surface area contributed by atoms with Gasteiger partial charge in [0.1, 0.15) is 23.9 Å². The van der Waals surface area contributed by atoms with E-state index in [-0.39, 0.29) is 18.7 Å². The number of anilines is 5. The summed E-state index contributed by atoms with van der Waals surface area (Å²) in [4.78, 5) is 32.7. The third kappa shape index (κ3) is 8.65. The first-order valence-corrected chi connectivity index (χ1v) is 18.9. The number of nitrogens with zero attached hydrogens (tertiary/aromatic N) is 11. The number of hydrogen-bond acceptors (Lipinski definition) is 16. The van der Waals surface area contributed by atoms with Gasteiger partial charge >= 0.3 is 0 Å². The van der Waals surface area contributed by atoms with Crippen LogP contribution in [0.4, 0.5) is 29.1 Å². The van der Waals surface area contributed by atoms with Crippen molar-refractivity contribution in [2.45, 2.75) is 70.6 Å². The van der Waals surface area contributed by atoms with E-state index in [4.69, 9.17) is 40.9 Å². The van der Waals surface area contributed by atoms with Gasteiger partial charge in [0.15, 0.2) is 22.8 Å². The quantitative estimate of drug-likeness (QED) is 0.0976. The molecule has 5 aromatic heterocycles. The highest BCUT2D eigenvalue weighted by molar-refractivity contribution is 5.87. The molecule has 55 heavy (non-hydrogen) atoms. The predicted molar refractivity (Wildman–Crippen MR) is 211 cm³/mol. The average Bonchev–Trinajstić information content (AvgIpc) is 3.93. The third-order valence-electron chi connectivity index (χ3n) is 10.0. The van der Waals surface area contributed by atoms with Gasteiger partial charge in [-0.25, -0.2) is 19.9 Å². The Kier molecular flexibility index (Phi) is 11.7. The Balaban J connectivity index is 0.973. The van der Waals surface area contributed by atoms with Gasteiger partial charge in [0.25, 0.3) is 5.88 Å². The van der Waals surface area contributed by atoms with E-state index >= 15 is 0 Å². The third-order valence-corrected chi connectivity index (χ3v) is 10.0. The average molecular weight is 754 g/mol. The lowest BCUT2D eigenvalue weighted by molar-refractivity contribution is 0.262. The predicted octanol–water partition coefficient (Wildman–Crippen LogP) is 3.18. The fourth-order valence-electron chi connectivity index (χ4n) is 7.03. The number of aromatic nitrogens is 9. The second kappa shape index (κ2) is 17.2. The molecule has 0 amide bonds. The van der Waals surface area contributed by atoms with E-state index in [1.54, 1.807) is 30.5 Å². The van der Waals surface area contributed by atoms with Crippen molar-refractivity contribution in [1.29, 1.82) is 0 Å². The van der Waals surface area contributed by atoms with Crippen molar-refractivity contribution in [3.8, 4) is 11.8 Å². The SMILES string of the molecule is CC/C(=C/N)c1nc(NCc2ccc(OCCn3cc(Nc4nc(N5CCC(N)C5)nc5c4ncn5C)c(OC)n3)nc2)cc(N2CCCCC2CCO)n1. The van der Waals surface area contributed by atoms with Crippen molar-refractivity contribution in [3.63, 3.8) is 0 Å². The summed E-state index contributed by atoms with van der Waals surface area (Å²) in [5, 5.41) is 21.1. The van der Waals surface area contributed by atoms with Crippen molar-refractivity contribution in [3.05, 3.63) is 54.5 Å². The largest absolute Gasteiger partial charge is 0.478 e. The van der Waals surface area contributed by atoms with Crippen LogP contribution in [0.2, 0.25) is 0 Å². The van der Waals surface area contributed by atoms with Crippen molar-refractivity contribution in [2.75, 3.05) is 60.4 Å². The fourth-order valence-corrected chi connectivity index (χ4v) is 7.03. The summed E-state index contributed by atoms with van der Waals surface area (Å²) in [6, 6.07) is 6.14. The number of aliphatic hydroxyl groups is 1. The molecule has 0 radical (unpaired) electrons. The molecule has 2 atom stereocenters. The molecule has 292 valence electrons. The Morgan fingerprint density at radius 2 is 2.00 bits per heavy atom. The number of fused-ring (bicyclic) bond motifs is 1. The van der Waals surface area contributed by atoms with E-state index in [9.17, 15) is 5.11 Å². The maximum absolute atomic E-state index is 9.69. The number of rotatable bonds is 16. The van der Waals surface area contributed by atoms with Crippen LogP contribution in [-0.2, 0) is 20.1 Å². The summed E-state index contributed by atoms with van der Waals surface area (Å²) in [5.41, 5.74) is 15.9. The van der Waals surface area contributed by atoms with Gasteiger partial charge in [0, 0.05) is 82.0 Å². The van der Waals surface area contributed by atoms with Crippen LogP contribution in [-0.4, -0.2) is 101 Å². The van der Waals surface area contributed by atoms with Crippen molar-refractivity contribution >= 4 is 45.8 Å². The molecule has 2 fully saturated rings. The maximum Gasteiger partial charge on any atom is 0.256 e. The normalized spacial score (nSPS) is 17.6. The Morgan fingerprint density at radius 1 is 1.11 bits per heavy atom. The molecule has 0 aromatic carbocycles. The van der Waals surface area contributed by atoms with E-state index in [0.717, 1.165) is 55.7 Å². The Labute approximate surface area is 320 Å². The van der Waals surface area contributed by atoms with Gasteiger partial charge in [-0.1, -0.05) is 13.0 Å². The number of allylic oxidation sites excluding steroid dienone is 1. The highest BCUT2D eigenvalue weighted by Crippen LogP contribution is 2.31. The Morgan fingerprint density at radius 3 is 2.75 bits per heavy atom. The molecule has 0 spiro atoms. The van der Waals surface area contributed by atoms with Crippen LogP contribution < -0.4 is 41.4 Å². The van der Waals surface area contributed by atoms with E-state index in [0.29, 0.717) is 91.1 Å². The molecule has 7 rings (SSSR count). The molecule has 5 aromatic rings. The van der Waals surface area contributed by atoms with Crippen LogP contribution in [0.25, 0.3) is 16.7 Å². The number of hydrogen-bond donors (Lipinski definition) is 5. The lowest BCUT2D eigenvalue weighted by Crippen LogP contribution is -2.40. The number of aliphatic hydroxyl groups excluding tert-OH is 1. The molecule has 0 bridgehead atoms. The number of nitrogens with one attached hydrogen (secondary N) is 2. The number of ether oxygens (including phenoxy) is 2. The summed E-state index contributed by atoms with van der Waals surface area (Å²) in [6.07, 6.45) is 12.5.